The Morgan fingerprint density at radius 3 is 2.78 bits per heavy atom. The van der Waals surface area contributed by atoms with Crippen LogP contribution in [0.1, 0.15) is 31.4 Å². The molecule has 0 aromatic carbocycles. The quantitative estimate of drug-likeness (QED) is 0.374. The lowest BCUT2D eigenvalue weighted by Crippen LogP contribution is -2.61. The predicted octanol–water partition coefficient (Wildman–Crippen LogP) is 3.50. The average molecular weight is 492 g/mol. The molecule has 4 heterocycles. The molecule has 0 aliphatic heterocycles. The number of methoxy groups -OCH3 is 1. The van der Waals surface area contributed by atoms with E-state index in [0.717, 1.165) is 36.7 Å². The van der Waals surface area contributed by atoms with Crippen molar-refractivity contribution in [3.05, 3.63) is 35.9 Å². The summed E-state index contributed by atoms with van der Waals surface area (Å²) in [5.74, 6) is 0.747. The fourth-order valence-corrected chi connectivity index (χ4v) is 7.10. The minimum atomic E-state index is -0.742. The largest absolute Gasteiger partial charge is 0.481 e. The molecule has 11 heteroatoms. The van der Waals surface area contributed by atoms with E-state index in [0.29, 0.717) is 46.9 Å². The molecule has 2 bridgehead atoms. The van der Waals surface area contributed by atoms with Crippen LogP contribution in [0.3, 0.4) is 0 Å². The van der Waals surface area contributed by atoms with Gasteiger partial charge in [-0.05, 0) is 67.6 Å². The highest BCUT2D eigenvalue weighted by Crippen LogP contribution is 2.60. The molecule has 4 aromatic heterocycles. The first-order valence-corrected chi connectivity index (χ1v) is 12.4. The Kier molecular flexibility index (Phi) is 4.79. The van der Waals surface area contributed by atoms with Crippen LogP contribution >= 0.6 is 0 Å². The second-order valence-electron chi connectivity index (χ2n) is 10.3. The van der Waals surface area contributed by atoms with Gasteiger partial charge in [0.2, 0.25) is 5.82 Å². The molecule has 0 saturated heterocycles. The SMILES string of the molecule is COCc1ccc2c(N[C@H]3[C@H](C(=O)O)[C@H]4CC[C@@H]3C3CCC34)nc(-c3n[nH]c4ncc(F)cc34)nn12. The number of H-pyrrole nitrogens is 1. The fourth-order valence-electron chi connectivity index (χ4n) is 7.10. The number of pyridine rings is 1. The van der Waals surface area contributed by atoms with Crippen molar-refractivity contribution in [2.45, 2.75) is 38.3 Å². The van der Waals surface area contributed by atoms with Crippen LogP contribution < -0.4 is 5.32 Å². The Labute approximate surface area is 205 Å². The van der Waals surface area contributed by atoms with E-state index in [9.17, 15) is 14.3 Å². The van der Waals surface area contributed by atoms with Gasteiger partial charge in [-0.2, -0.15) is 5.10 Å². The number of aromatic amines is 1. The summed E-state index contributed by atoms with van der Waals surface area (Å²) in [6, 6.07) is 4.96. The number of fused-ring (bicyclic) bond motifs is 4. The standard InChI is InChI=1S/C25H26FN7O3/c1-36-10-12-2-7-18-23(28-20-16-6-5-15(19(20)25(34)35)13-3-4-14(13)16)29-24(32-33(12)18)21-17-8-11(26)9-27-22(17)31-30-21/h2,7-9,13-16,19-20H,3-6,10H2,1H3,(H,34,35)(H,27,30,31)(H,28,29,32)/t13?,14?,15-,16+,19+,20+/m0/s1. The van der Waals surface area contributed by atoms with Crippen molar-refractivity contribution in [2.75, 3.05) is 12.4 Å². The lowest BCUT2D eigenvalue weighted by Gasteiger charge is -2.60. The molecular formula is C25H26FN7O3. The number of ether oxygens (including phenoxy) is 1. The van der Waals surface area contributed by atoms with Gasteiger partial charge in [0, 0.05) is 13.2 Å². The van der Waals surface area contributed by atoms with Gasteiger partial charge in [0.05, 0.1) is 29.8 Å². The minimum absolute atomic E-state index is 0.196. The molecule has 0 amide bonds. The summed E-state index contributed by atoms with van der Waals surface area (Å²) >= 11 is 0. The van der Waals surface area contributed by atoms with Crippen LogP contribution in [0, 0.1) is 35.4 Å². The summed E-state index contributed by atoms with van der Waals surface area (Å²) < 4.78 is 21.1. The summed E-state index contributed by atoms with van der Waals surface area (Å²) in [6.45, 7) is 0.331. The molecule has 2 unspecified atom stereocenters. The average Bonchev–Trinajstić information content (AvgIpc) is 3.43. The molecular weight excluding hydrogens is 465 g/mol. The van der Waals surface area contributed by atoms with E-state index in [1.165, 1.54) is 12.5 Å². The zero-order valence-electron chi connectivity index (χ0n) is 19.7. The van der Waals surface area contributed by atoms with Crippen LogP contribution in [0.15, 0.2) is 24.4 Å². The van der Waals surface area contributed by atoms with Crippen molar-refractivity contribution >= 4 is 28.3 Å². The number of aliphatic carboxylic acids is 1. The van der Waals surface area contributed by atoms with E-state index >= 15 is 0 Å². The first-order valence-electron chi connectivity index (χ1n) is 12.4. The lowest BCUT2D eigenvalue weighted by atomic mass is 9.46. The molecule has 4 aliphatic rings. The second kappa shape index (κ2) is 7.95. The van der Waals surface area contributed by atoms with E-state index in [2.05, 4.69) is 20.5 Å². The number of hydrogen-bond acceptors (Lipinski definition) is 7. The summed E-state index contributed by atoms with van der Waals surface area (Å²) in [4.78, 5) is 21.3. The monoisotopic (exact) mass is 491 g/mol. The molecule has 4 aliphatic carbocycles. The molecule has 3 N–H and O–H groups in total. The molecule has 8 rings (SSSR count). The topological polar surface area (TPSA) is 130 Å². The maximum absolute atomic E-state index is 14.0. The third kappa shape index (κ3) is 3.08. The van der Waals surface area contributed by atoms with Crippen LogP contribution in [0.5, 0.6) is 0 Å². The van der Waals surface area contributed by atoms with Gasteiger partial charge in [0.15, 0.2) is 11.5 Å². The van der Waals surface area contributed by atoms with E-state index in [-0.39, 0.29) is 17.8 Å². The number of carboxylic acids is 1. The molecule has 4 fully saturated rings. The molecule has 4 aromatic rings. The van der Waals surface area contributed by atoms with Gasteiger partial charge in [0.25, 0.3) is 0 Å². The first kappa shape index (κ1) is 21.7. The van der Waals surface area contributed by atoms with Gasteiger partial charge in [-0.3, -0.25) is 9.89 Å². The molecule has 0 radical (unpaired) electrons. The smallest absolute Gasteiger partial charge is 0.308 e. The zero-order valence-corrected chi connectivity index (χ0v) is 19.7. The van der Waals surface area contributed by atoms with Crippen LogP contribution in [-0.2, 0) is 16.1 Å². The van der Waals surface area contributed by atoms with Crippen LogP contribution in [-0.4, -0.2) is 54.0 Å². The number of rotatable bonds is 6. The predicted molar refractivity (Wildman–Crippen MR) is 128 cm³/mol. The fraction of sp³-hybridized carbons (Fsp3) is 0.480. The van der Waals surface area contributed by atoms with Crippen LogP contribution in [0.25, 0.3) is 28.1 Å². The van der Waals surface area contributed by atoms with Crippen molar-refractivity contribution in [3.8, 4) is 11.5 Å². The van der Waals surface area contributed by atoms with Crippen molar-refractivity contribution < 1.29 is 19.0 Å². The Morgan fingerprint density at radius 2 is 2.00 bits per heavy atom. The van der Waals surface area contributed by atoms with E-state index in [1.807, 2.05) is 12.1 Å². The van der Waals surface area contributed by atoms with Gasteiger partial charge >= 0.3 is 5.97 Å². The van der Waals surface area contributed by atoms with Gasteiger partial charge < -0.3 is 15.2 Å². The van der Waals surface area contributed by atoms with Gasteiger partial charge in [-0.15, -0.1) is 5.10 Å². The van der Waals surface area contributed by atoms with Gasteiger partial charge in [-0.25, -0.2) is 18.9 Å². The van der Waals surface area contributed by atoms with Crippen molar-refractivity contribution in [1.29, 1.82) is 0 Å². The Hall–Kier alpha value is -3.60. The summed E-state index contributed by atoms with van der Waals surface area (Å²) in [5.41, 5.74) is 2.34. The summed E-state index contributed by atoms with van der Waals surface area (Å²) in [7, 11) is 1.61. The van der Waals surface area contributed by atoms with Crippen molar-refractivity contribution in [3.63, 3.8) is 0 Å². The van der Waals surface area contributed by atoms with Gasteiger partial charge in [-0.1, -0.05) is 0 Å². The van der Waals surface area contributed by atoms with Crippen molar-refractivity contribution in [1.82, 2.24) is 29.8 Å². The number of nitrogens with zero attached hydrogens (tertiary/aromatic N) is 5. The molecule has 6 atom stereocenters. The molecule has 0 spiro atoms. The first-order chi connectivity index (χ1) is 17.5. The van der Waals surface area contributed by atoms with Crippen LogP contribution in [0.4, 0.5) is 10.2 Å². The van der Waals surface area contributed by atoms with E-state index in [4.69, 9.17) is 14.8 Å². The molecule has 4 saturated carbocycles. The number of nitrogens with one attached hydrogen (secondary N) is 2. The van der Waals surface area contributed by atoms with Gasteiger partial charge in [0.1, 0.15) is 17.0 Å². The Bertz CT molecular complexity index is 1500. The molecule has 186 valence electrons. The maximum Gasteiger partial charge on any atom is 0.308 e. The molecule has 10 nitrogen and oxygen atoms in total. The van der Waals surface area contributed by atoms with Crippen LogP contribution in [0.2, 0.25) is 0 Å². The highest BCUT2D eigenvalue weighted by molar-refractivity contribution is 5.89. The highest BCUT2D eigenvalue weighted by Gasteiger charge is 2.59. The maximum atomic E-state index is 14.0. The molecule has 36 heavy (non-hydrogen) atoms. The summed E-state index contributed by atoms with van der Waals surface area (Å²) in [6.07, 6.45) is 5.45. The minimum Gasteiger partial charge on any atom is -0.481 e. The number of carbonyl (C=O) groups is 1. The normalized spacial score (nSPS) is 28.8. The number of halogens is 1. The highest BCUT2D eigenvalue weighted by atomic mass is 19.1. The third-order valence-corrected chi connectivity index (χ3v) is 8.69. The number of aromatic nitrogens is 6. The van der Waals surface area contributed by atoms with Crippen molar-refractivity contribution in [2.24, 2.45) is 29.6 Å². The third-order valence-electron chi connectivity index (χ3n) is 8.69. The number of carboxylic acid groups (broad SMARTS) is 1. The zero-order chi connectivity index (χ0) is 24.6. The summed E-state index contributed by atoms with van der Waals surface area (Å²) in [5, 5.41) is 26.1. The lowest BCUT2D eigenvalue weighted by molar-refractivity contribution is -0.160. The number of hydrogen-bond donors (Lipinski definition) is 3. The number of anilines is 1. The Balaban J connectivity index is 1.36. The second-order valence-corrected chi connectivity index (χ2v) is 10.3. The van der Waals surface area contributed by atoms with E-state index < -0.39 is 17.7 Å². The Morgan fingerprint density at radius 1 is 1.22 bits per heavy atom. The van der Waals surface area contributed by atoms with E-state index in [1.54, 1.807) is 11.6 Å².